The number of nitrogens with zero attached hydrogens (tertiary/aromatic N) is 4. The molecule has 1 aromatic carbocycles. The molecule has 3 aromatic heterocycles. The van der Waals surface area contributed by atoms with E-state index in [1.807, 2.05) is 24.3 Å². The molecule has 4 nitrogen and oxygen atoms in total. The maximum Gasteiger partial charge on any atom is 0.182 e. The smallest absolute Gasteiger partial charge is 0.182 e. The van der Waals surface area contributed by atoms with Gasteiger partial charge < -0.3 is 4.57 Å². The third kappa shape index (κ3) is 3.92. The van der Waals surface area contributed by atoms with Crippen molar-refractivity contribution in [3.05, 3.63) is 86.9 Å². The first-order chi connectivity index (χ1) is 12.8. The lowest BCUT2D eigenvalue weighted by molar-refractivity contribution is 0.722. The fourth-order valence-electron chi connectivity index (χ4n) is 2.88. The molecule has 6 heteroatoms. The predicted molar refractivity (Wildman–Crippen MR) is 108 cm³/mol. The number of rotatable bonds is 6. The molecule has 130 valence electrons. The second kappa shape index (κ2) is 7.93. The van der Waals surface area contributed by atoms with Crippen molar-refractivity contribution in [2.24, 2.45) is 0 Å². The van der Waals surface area contributed by atoms with E-state index in [9.17, 15) is 0 Å². The summed E-state index contributed by atoms with van der Waals surface area (Å²) in [5.74, 6) is 1.81. The number of aromatic nitrogens is 4. The first-order valence-corrected chi connectivity index (χ1v) is 10.1. The number of pyridine rings is 1. The van der Waals surface area contributed by atoms with E-state index in [4.69, 9.17) is 0 Å². The Balaban J connectivity index is 1.64. The normalized spacial score (nSPS) is 11.0. The van der Waals surface area contributed by atoms with Crippen LogP contribution >= 0.6 is 27.3 Å². The molecule has 0 spiro atoms. The van der Waals surface area contributed by atoms with Gasteiger partial charge in [-0.05, 0) is 47.7 Å². The Morgan fingerprint density at radius 2 is 1.92 bits per heavy atom. The van der Waals surface area contributed by atoms with Crippen LogP contribution in [0.2, 0.25) is 0 Å². The zero-order valence-corrected chi connectivity index (χ0v) is 16.4. The van der Waals surface area contributed by atoms with Gasteiger partial charge in [0.15, 0.2) is 5.82 Å². The molecule has 0 N–H and O–H groups in total. The van der Waals surface area contributed by atoms with Crippen LogP contribution in [0.15, 0.2) is 70.6 Å². The molecule has 0 fully saturated rings. The molecule has 0 saturated heterocycles. The van der Waals surface area contributed by atoms with Gasteiger partial charge in [-0.1, -0.05) is 40.2 Å². The molecule has 0 amide bonds. The number of thiophene rings is 1. The fourth-order valence-corrected chi connectivity index (χ4v) is 4.02. The third-order valence-corrected chi connectivity index (χ3v) is 5.50. The van der Waals surface area contributed by atoms with Gasteiger partial charge in [0.25, 0.3) is 0 Å². The lowest BCUT2D eigenvalue weighted by Gasteiger charge is -2.09. The number of hydrogen-bond donors (Lipinski definition) is 0. The summed E-state index contributed by atoms with van der Waals surface area (Å²) >= 11 is 5.28. The minimum Gasteiger partial charge on any atom is -0.304 e. The van der Waals surface area contributed by atoms with Gasteiger partial charge in [-0.15, -0.1) is 21.5 Å². The van der Waals surface area contributed by atoms with Gasteiger partial charge in [0.2, 0.25) is 0 Å². The Kier molecular flexibility index (Phi) is 5.22. The van der Waals surface area contributed by atoms with Crippen molar-refractivity contribution in [3.63, 3.8) is 0 Å². The third-order valence-electron chi connectivity index (χ3n) is 4.14. The summed E-state index contributed by atoms with van der Waals surface area (Å²) in [5, 5.41) is 11.0. The second-order valence-electron chi connectivity index (χ2n) is 5.95. The van der Waals surface area contributed by atoms with Crippen molar-refractivity contribution >= 4 is 27.3 Å². The van der Waals surface area contributed by atoms with Gasteiger partial charge >= 0.3 is 0 Å². The zero-order valence-electron chi connectivity index (χ0n) is 14.0. The highest BCUT2D eigenvalue weighted by molar-refractivity contribution is 9.10. The first-order valence-electron chi connectivity index (χ1n) is 8.40. The molecular weight excluding hydrogens is 408 g/mol. The van der Waals surface area contributed by atoms with Crippen LogP contribution < -0.4 is 0 Å². The average molecular weight is 425 g/mol. The van der Waals surface area contributed by atoms with E-state index in [-0.39, 0.29) is 0 Å². The van der Waals surface area contributed by atoms with E-state index in [1.165, 1.54) is 10.4 Å². The lowest BCUT2D eigenvalue weighted by Crippen LogP contribution is -2.08. The highest BCUT2D eigenvalue weighted by Gasteiger charge is 2.15. The summed E-state index contributed by atoms with van der Waals surface area (Å²) in [5.41, 5.74) is 2.13. The van der Waals surface area contributed by atoms with E-state index < -0.39 is 0 Å². The van der Waals surface area contributed by atoms with E-state index in [0.717, 1.165) is 41.2 Å². The highest BCUT2D eigenvalue weighted by Crippen LogP contribution is 2.21. The van der Waals surface area contributed by atoms with Crippen molar-refractivity contribution in [2.45, 2.75) is 19.4 Å². The summed E-state index contributed by atoms with van der Waals surface area (Å²) in [6, 6.07) is 18.5. The maximum absolute atomic E-state index is 4.48. The Morgan fingerprint density at radius 3 is 2.69 bits per heavy atom. The monoisotopic (exact) mass is 424 g/mol. The number of benzene rings is 1. The lowest BCUT2D eigenvalue weighted by atomic mass is 10.1. The maximum atomic E-state index is 4.48. The van der Waals surface area contributed by atoms with E-state index >= 15 is 0 Å². The molecular formula is C20H17BrN4S. The van der Waals surface area contributed by atoms with Crippen LogP contribution in [0.5, 0.6) is 0 Å². The van der Waals surface area contributed by atoms with E-state index in [1.54, 1.807) is 17.5 Å². The standard InChI is InChI=1S/C20H17BrN4S/c21-16-6-3-5-15(13-16)9-10-19-23-24-20(18-8-1-2-11-22-18)25(19)14-17-7-4-12-26-17/h1-8,11-13H,9-10,14H2. The molecule has 26 heavy (non-hydrogen) atoms. The van der Waals surface area contributed by atoms with E-state index in [0.29, 0.717) is 0 Å². The predicted octanol–water partition coefficient (Wildman–Crippen LogP) is 5.00. The van der Waals surface area contributed by atoms with Crippen molar-refractivity contribution in [2.75, 3.05) is 0 Å². The Morgan fingerprint density at radius 1 is 0.962 bits per heavy atom. The Labute approximate surface area is 164 Å². The van der Waals surface area contributed by atoms with Crippen LogP contribution in [0.25, 0.3) is 11.5 Å². The minimum atomic E-state index is 0.768. The van der Waals surface area contributed by atoms with Crippen LogP contribution in [0.4, 0.5) is 0 Å². The molecule has 0 bridgehead atoms. The average Bonchev–Trinajstić information content (AvgIpc) is 3.31. The molecule has 0 aliphatic heterocycles. The summed E-state index contributed by atoms with van der Waals surface area (Å²) in [4.78, 5) is 5.74. The summed E-state index contributed by atoms with van der Waals surface area (Å²) in [6.45, 7) is 0.768. The largest absolute Gasteiger partial charge is 0.304 e. The quantitative estimate of drug-likeness (QED) is 0.437. The van der Waals surface area contributed by atoms with Crippen LogP contribution in [-0.2, 0) is 19.4 Å². The molecule has 4 aromatic rings. The molecule has 0 aliphatic carbocycles. The highest BCUT2D eigenvalue weighted by atomic mass is 79.9. The Bertz CT molecular complexity index is 980. The van der Waals surface area contributed by atoms with Gasteiger partial charge in [-0.3, -0.25) is 4.98 Å². The minimum absolute atomic E-state index is 0.768. The number of halogens is 1. The molecule has 0 aliphatic rings. The summed E-state index contributed by atoms with van der Waals surface area (Å²) < 4.78 is 3.29. The van der Waals surface area contributed by atoms with Crippen LogP contribution in [0.3, 0.4) is 0 Å². The summed E-state index contributed by atoms with van der Waals surface area (Å²) in [6.07, 6.45) is 3.55. The summed E-state index contributed by atoms with van der Waals surface area (Å²) in [7, 11) is 0. The second-order valence-corrected chi connectivity index (χ2v) is 7.90. The van der Waals surface area contributed by atoms with Crippen LogP contribution in [0, 0.1) is 0 Å². The van der Waals surface area contributed by atoms with Gasteiger partial charge in [-0.2, -0.15) is 0 Å². The van der Waals surface area contributed by atoms with Crippen molar-refractivity contribution < 1.29 is 0 Å². The topological polar surface area (TPSA) is 43.6 Å². The number of hydrogen-bond acceptors (Lipinski definition) is 4. The SMILES string of the molecule is Brc1cccc(CCc2nnc(-c3ccccn3)n2Cc2cccs2)c1. The van der Waals surface area contributed by atoms with Crippen LogP contribution in [-0.4, -0.2) is 19.7 Å². The molecule has 0 saturated carbocycles. The fraction of sp³-hybridized carbons (Fsp3) is 0.150. The van der Waals surface area contributed by atoms with E-state index in [2.05, 4.69) is 71.4 Å². The molecule has 0 radical (unpaired) electrons. The molecule has 0 atom stereocenters. The first kappa shape index (κ1) is 17.1. The molecule has 4 rings (SSSR count). The Hall–Kier alpha value is -2.31. The van der Waals surface area contributed by atoms with Crippen LogP contribution in [0.1, 0.15) is 16.3 Å². The molecule has 0 unspecified atom stereocenters. The van der Waals surface area contributed by atoms with Gasteiger partial charge in [0, 0.05) is 22.0 Å². The van der Waals surface area contributed by atoms with Gasteiger partial charge in [0.1, 0.15) is 11.5 Å². The van der Waals surface area contributed by atoms with Gasteiger partial charge in [0.05, 0.1) is 6.54 Å². The number of aryl methyl sites for hydroxylation is 2. The van der Waals surface area contributed by atoms with Crippen molar-refractivity contribution in [1.82, 2.24) is 19.7 Å². The zero-order chi connectivity index (χ0) is 17.8. The van der Waals surface area contributed by atoms with Gasteiger partial charge in [-0.25, -0.2) is 0 Å². The van der Waals surface area contributed by atoms with Crippen molar-refractivity contribution in [3.8, 4) is 11.5 Å². The van der Waals surface area contributed by atoms with Crippen molar-refractivity contribution in [1.29, 1.82) is 0 Å². The molecule has 3 heterocycles.